The van der Waals surface area contributed by atoms with Crippen LogP contribution in [0.1, 0.15) is 32.4 Å². The van der Waals surface area contributed by atoms with Gasteiger partial charge in [0.15, 0.2) is 0 Å². The second kappa shape index (κ2) is 8.20. The molecule has 0 amide bonds. The molecule has 0 radical (unpaired) electrons. The van der Waals surface area contributed by atoms with Crippen molar-refractivity contribution in [2.45, 2.75) is 39.3 Å². The molecule has 1 heterocycles. The van der Waals surface area contributed by atoms with E-state index in [4.69, 9.17) is 0 Å². The SMILES string of the molecule is CCCNC(C)CCN(C)Cc1ccccn1. The predicted molar refractivity (Wildman–Crippen MR) is 72.9 cm³/mol. The second-order valence-electron chi connectivity index (χ2n) is 4.70. The summed E-state index contributed by atoms with van der Waals surface area (Å²) in [5, 5.41) is 3.51. The summed E-state index contributed by atoms with van der Waals surface area (Å²) in [6.07, 6.45) is 4.24. The summed E-state index contributed by atoms with van der Waals surface area (Å²) >= 11 is 0. The molecular formula is C14H25N3. The maximum Gasteiger partial charge on any atom is 0.0543 e. The molecule has 1 atom stereocenters. The lowest BCUT2D eigenvalue weighted by molar-refractivity contribution is 0.300. The Kier molecular flexibility index (Phi) is 6.82. The van der Waals surface area contributed by atoms with Crippen molar-refractivity contribution in [2.24, 2.45) is 0 Å². The molecule has 0 aliphatic heterocycles. The van der Waals surface area contributed by atoms with Gasteiger partial charge in [-0.1, -0.05) is 13.0 Å². The van der Waals surface area contributed by atoms with E-state index in [0.29, 0.717) is 6.04 Å². The van der Waals surface area contributed by atoms with Crippen molar-refractivity contribution in [3.8, 4) is 0 Å². The molecule has 3 heteroatoms. The van der Waals surface area contributed by atoms with Gasteiger partial charge in [-0.05, 0) is 52.0 Å². The fourth-order valence-electron chi connectivity index (χ4n) is 1.75. The van der Waals surface area contributed by atoms with Crippen molar-refractivity contribution in [1.82, 2.24) is 15.2 Å². The highest BCUT2D eigenvalue weighted by Gasteiger charge is 2.04. The van der Waals surface area contributed by atoms with E-state index in [-0.39, 0.29) is 0 Å². The molecule has 0 saturated carbocycles. The van der Waals surface area contributed by atoms with Crippen LogP contribution in [-0.4, -0.2) is 36.1 Å². The molecule has 1 aromatic rings. The molecular weight excluding hydrogens is 210 g/mol. The highest BCUT2D eigenvalue weighted by Crippen LogP contribution is 2.01. The molecule has 1 rings (SSSR count). The Morgan fingerprint density at radius 1 is 1.41 bits per heavy atom. The van der Waals surface area contributed by atoms with Gasteiger partial charge in [-0.15, -0.1) is 0 Å². The normalized spacial score (nSPS) is 12.9. The van der Waals surface area contributed by atoms with Crippen LogP contribution in [0, 0.1) is 0 Å². The van der Waals surface area contributed by atoms with Crippen LogP contribution in [0.4, 0.5) is 0 Å². The molecule has 0 fully saturated rings. The third-order valence-electron chi connectivity index (χ3n) is 2.84. The fourth-order valence-corrected chi connectivity index (χ4v) is 1.75. The van der Waals surface area contributed by atoms with E-state index in [9.17, 15) is 0 Å². The molecule has 1 aromatic heterocycles. The Hall–Kier alpha value is -0.930. The van der Waals surface area contributed by atoms with Crippen LogP contribution in [0.25, 0.3) is 0 Å². The Bertz CT molecular complexity index is 287. The first-order valence-corrected chi connectivity index (χ1v) is 6.54. The van der Waals surface area contributed by atoms with Gasteiger partial charge in [0.2, 0.25) is 0 Å². The Morgan fingerprint density at radius 2 is 2.24 bits per heavy atom. The highest BCUT2D eigenvalue weighted by molar-refractivity contribution is 5.02. The number of hydrogen-bond acceptors (Lipinski definition) is 3. The van der Waals surface area contributed by atoms with Crippen LogP contribution in [-0.2, 0) is 6.54 Å². The standard InChI is InChI=1S/C14H25N3/c1-4-9-15-13(2)8-11-17(3)12-14-7-5-6-10-16-14/h5-7,10,13,15H,4,8-9,11-12H2,1-3H3. The molecule has 1 N–H and O–H groups in total. The largest absolute Gasteiger partial charge is 0.314 e. The van der Waals surface area contributed by atoms with Crippen molar-refractivity contribution < 1.29 is 0 Å². The van der Waals surface area contributed by atoms with Gasteiger partial charge in [0.05, 0.1) is 5.69 Å². The van der Waals surface area contributed by atoms with Gasteiger partial charge in [-0.3, -0.25) is 4.98 Å². The number of hydrogen-bond donors (Lipinski definition) is 1. The second-order valence-corrected chi connectivity index (χ2v) is 4.70. The molecule has 0 spiro atoms. The number of nitrogens with one attached hydrogen (secondary N) is 1. The fraction of sp³-hybridized carbons (Fsp3) is 0.643. The summed E-state index contributed by atoms with van der Waals surface area (Å²) in [5.74, 6) is 0. The highest BCUT2D eigenvalue weighted by atomic mass is 15.1. The maximum atomic E-state index is 4.34. The smallest absolute Gasteiger partial charge is 0.0543 e. The van der Waals surface area contributed by atoms with Gasteiger partial charge in [0, 0.05) is 18.8 Å². The van der Waals surface area contributed by atoms with Crippen LogP contribution >= 0.6 is 0 Å². The minimum Gasteiger partial charge on any atom is -0.314 e. The average molecular weight is 235 g/mol. The quantitative estimate of drug-likeness (QED) is 0.749. The van der Waals surface area contributed by atoms with Crippen molar-refractivity contribution in [1.29, 1.82) is 0 Å². The van der Waals surface area contributed by atoms with E-state index >= 15 is 0 Å². The van der Waals surface area contributed by atoms with Crippen LogP contribution in [0.3, 0.4) is 0 Å². The lowest BCUT2D eigenvalue weighted by atomic mass is 10.2. The number of nitrogens with zero attached hydrogens (tertiary/aromatic N) is 2. The Morgan fingerprint density at radius 3 is 2.88 bits per heavy atom. The summed E-state index contributed by atoms with van der Waals surface area (Å²) in [6.45, 7) is 7.61. The summed E-state index contributed by atoms with van der Waals surface area (Å²) in [4.78, 5) is 6.66. The van der Waals surface area contributed by atoms with Gasteiger partial charge < -0.3 is 10.2 Å². The van der Waals surface area contributed by atoms with E-state index in [1.807, 2.05) is 18.3 Å². The predicted octanol–water partition coefficient (Wildman–Crippen LogP) is 2.29. The first kappa shape index (κ1) is 14.1. The number of rotatable bonds is 8. The molecule has 0 saturated heterocycles. The van der Waals surface area contributed by atoms with Crippen LogP contribution < -0.4 is 5.32 Å². The summed E-state index contributed by atoms with van der Waals surface area (Å²) in [5.41, 5.74) is 1.14. The molecule has 1 unspecified atom stereocenters. The van der Waals surface area contributed by atoms with Gasteiger partial charge in [-0.25, -0.2) is 0 Å². The topological polar surface area (TPSA) is 28.2 Å². The summed E-state index contributed by atoms with van der Waals surface area (Å²) < 4.78 is 0. The average Bonchev–Trinajstić information content (AvgIpc) is 2.35. The molecule has 17 heavy (non-hydrogen) atoms. The van der Waals surface area contributed by atoms with Gasteiger partial charge in [-0.2, -0.15) is 0 Å². The van der Waals surface area contributed by atoms with E-state index < -0.39 is 0 Å². The number of pyridine rings is 1. The van der Waals surface area contributed by atoms with Crippen LogP contribution in [0.5, 0.6) is 0 Å². The molecule has 96 valence electrons. The van der Waals surface area contributed by atoms with Crippen molar-refractivity contribution >= 4 is 0 Å². The molecule has 0 aromatic carbocycles. The lowest BCUT2D eigenvalue weighted by Gasteiger charge is -2.19. The van der Waals surface area contributed by atoms with Gasteiger partial charge >= 0.3 is 0 Å². The van der Waals surface area contributed by atoms with E-state index in [2.05, 4.69) is 42.2 Å². The molecule has 0 bridgehead atoms. The first-order valence-electron chi connectivity index (χ1n) is 6.54. The molecule has 0 aliphatic rings. The van der Waals surface area contributed by atoms with E-state index in [1.165, 1.54) is 12.8 Å². The minimum atomic E-state index is 0.598. The minimum absolute atomic E-state index is 0.598. The van der Waals surface area contributed by atoms with E-state index in [0.717, 1.165) is 25.3 Å². The zero-order valence-corrected chi connectivity index (χ0v) is 11.3. The van der Waals surface area contributed by atoms with Gasteiger partial charge in [0.25, 0.3) is 0 Å². The van der Waals surface area contributed by atoms with Crippen molar-refractivity contribution in [2.75, 3.05) is 20.1 Å². The summed E-state index contributed by atoms with van der Waals surface area (Å²) in [7, 11) is 2.15. The monoisotopic (exact) mass is 235 g/mol. The van der Waals surface area contributed by atoms with E-state index in [1.54, 1.807) is 0 Å². The molecule has 0 aliphatic carbocycles. The Labute approximate surface area is 105 Å². The maximum absolute atomic E-state index is 4.34. The first-order chi connectivity index (χ1) is 8.22. The van der Waals surface area contributed by atoms with Crippen molar-refractivity contribution in [3.63, 3.8) is 0 Å². The van der Waals surface area contributed by atoms with Crippen molar-refractivity contribution in [3.05, 3.63) is 30.1 Å². The molecule has 3 nitrogen and oxygen atoms in total. The lowest BCUT2D eigenvalue weighted by Crippen LogP contribution is -2.31. The van der Waals surface area contributed by atoms with Crippen LogP contribution in [0.15, 0.2) is 24.4 Å². The third kappa shape index (κ3) is 6.39. The third-order valence-corrected chi connectivity index (χ3v) is 2.84. The summed E-state index contributed by atoms with van der Waals surface area (Å²) in [6, 6.07) is 6.68. The zero-order valence-electron chi connectivity index (χ0n) is 11.3. The Balaban J connectivity index is 2.19. The van der Waals surface area contributed by atoms with Crippen LogP contribution in [0.2, 0.25) is 0 Å². The number of aromatic nitrogens is 1. The zero-order chi connectivity index (χ0) is 12.5. The van der Waals surface area contributed by atoms with Gasteiger partial charge in [0.1, 0.15) is 0 Å².